The summed E-state index contributed by atoms with van der Waals surface area (Å²) in [4.78, 5) is 0. The molecule has 2 aromatic heterocycles. The topological polar surface area (TPSA) is 59.7 Å². The smallest absolute Gasteiger partial charge is 0.170 e. The third kappa shape index (κ3) is 5.30. The first-order valence-electron chi connectivity index (χ1n) is 8.83. The summed E-state index contributed by atoms with van der Waals surface area (Å²) in [6.45, 7) is 6.31. The van der Waals surface area contributed by atoms with Gasteiger partial charge >= 0.3 is 0 Å². The molecule has 0 aliphatic carbocycles. The molecule has 0 aliphatic heterocycles. The van der Waals surface area contributed by atoms with E-state index in [1.165, 1.54) is 5.56 Å². The van der Waals surface area contributed by atoms with Crippen molar-refractivity contribution in [2.75, 3.05) is 11.9 Å². The number of aromatic nitrogens is 4. The van der Waals surface area contributed by atoms with E-state index >= 15 is 0 Å². The third-order valence-electron chi connectivity index (χ3n) is 4.25. The number of aryl methyl sites for hydroxylation is 2. The lowest BCUT2D eigenvalue weighted by molar-refractivity contribution is 0.574. The number of thiocarbonyl (C=S) groups is 1. The number of hydrogen-bond donors (Lipinski definition) is 2. The molecular weight excluding hydrogens is 380 g/mol. The van der Waals surface area contributed by atoms with Crippen LogP contribution in [0.1, 0.15) is 23.4 Å². The summed E-state index contributed by atoms with van der Waals surface area (Å²) >= 11 is 11.3. The van der Waals surface area contributed by atoms with Gasteiger partial charge in [-0.05, 0) is 38.0 Å². The van der Waals surface area contributed by atoms with Crippen molar-refractivity contribution in [1.29, 1.82) is 0 Å². The summed E-state index contributed by atoms with van der Waals surface area (Å²) in [6.07, 6.45) is 4.34. The van der Waals surface area contributed by atoms with Crippen molar-refractivity contribution in [3.05, 3.63) is 64.7 Å². The highest BCUT2D eigenvalue weighted by Gasteiger charge is 2.12. The SMILES string of the molecule is Cc1nn(Cc2ccccc2)c(C)c1NC(=S)NCCCn1cc(Cl)cn1. The van der Waals surface area contributed by atoms with Crippen LogP contribution in [-0.4, -0.2) is 31.2 Å². The van der Waals surface area contributed by atoms with E-state index in [4.69, 9.17) is 23.8 Å². The predicted octanol–water partition coefficient (Wildman–Crippen LogP) is 3.77. The fraction of sp³-hybridized carbons (Fsp3) is 0.316. The highest BCUT2D eigenvalue weighted by Crippen LogP contribution is 2.20. The molecule has 1 aromatic carbocycles. The van der Waals surface area contributed by atoms with Crippen molar-refractivity contribution in [1.82, 2.24) is 24.9 Å². The average molecular weight is 403 g/mol. The van der Waals surface area contributed by atoms with Crippen LogP contribution in [0.25, 0.3) is 0 Å². The quantitative estimate of drug-likeness (QED) is 0.465. The largest absolute Gasteiger partial charge is 0.362 e. The molecule has 0 fully saturated rings. The monoisotopic (exact) mass is 402 g/mol. The van der Waals surface area contributed by atoms with Gasteiger partial charge in [0.05, 0.1) is 34.8 Å². The van der Waals surface area contributed by atoms with E-state index < -0.39 is 0 Å². The lowest BCUT2D eigenvalue weighted by Gasteiger charge is -2.11. The first-order chi connectivity index (χ1) is 13.0. The summed E-state index contributed by atoms with van der Waals surface area (Å²) in [5, 5.41) is 16.6. The number of halogens is 1. The van der Waals surface area contributed by atoms with E-state index in [1.807, 2.05) is 40.7 Å². The second kappa shape index (κ2) is 9.01. The number of nitrogens with one attached hydrogen (secondary N) is 2. The van der Waals surface area contributed by atoms with E-state index in [1.54, 1.807) is 6.20 Å². The molecule has 0 radical (unpaired) electrons. The fourth-order valence-electron chi connectivity index (χ4n) is 2.85. The Bertz CT molecular complexity index is 902. The molecule has 0 bridgehead atoms. The molecule has 3 aromatic rings. The van der Waals surface area contributed by atoms with Gasteiger partial charge in [-0.3, -0.25) is 9.36 Å². The summed E-state index contributed by atoms with van der Waals surface area (Å²) < 4.78 is 3.82. The number of hydrogen-bond acceptors (Lipinski definition) is 3. The van der Waals surface area contributed by atoms with Gasteiger partial charge in [-0.25, -0.2) is 0 Å². The van der Waals surface area contributed by atoms with Gasteiger partial charge in [-0.15, -0.1) is 0 Å². The minimum atomic E-state index is 0.596. The van der Waals surface area contributed by atoms with Crippen molar-refractivity contribution < 1.29 is 0 Å². The van der Waals surface area contributed by atoms with Crippen LogP contribution in [0.2, 0.25) is 5.02 Å². The molecule has 0 spiro atoms. The van der Waals surface area contributed by atoms with Gasteiger partial charge in [0.25, 0.3) is 0 Å². The Labute approximate surface area is 169 Å². The molecule has 2 heterocycles. The molecule has 0 aliphatic rings. The number of benzene rings is 1. The Kier molecular flexibility index (Phi) is 6.47. The van der Waals surface area contributed by atoms with E-state index in [0.29, 0.717) is 10.1 Å². The number of nitrogens with zero attached hydrogens (tertiary/aromatic N) is 4. The minimum Gasteiger partial charge on any atom is -0.362 e. The van der Waals surface area contributed by atoms with E-state index in [2.05, 4.69) is 39.9 Å². The second-order valence-electron chi connectivity index (χ2n) is 6.35. The van der Waals surface area contributed by atoms with Crippen LogP contribution in [0.4, 0.5) is 5.69 Å². The minimum absolute atomic E-state index is 0.596. The fourth-order valence-corrected chi connectivity index (χ4v) is 3.21. The van der Waals surface area contributed by atoms with Crippen LogP contribution in [0.15, 0.2) is 42.7 Å². The molecule has 142 valence electrons. The molecule has 27 heavy (non-hydrogen) atoms. The van der Waals surface area contributed by atoms with Gasteiger partial charge in [-0.2, -0.15) is 10.2 Å². The number of anilines is 1. The van der Waals surface area contributed by atoms with Crippen LogP contribution < -0.4 is 10.6 Å². The standard InChI is InChI=1S/C19H23ClN6S/c1-14-18(15(2)26(24-14)12-16-7-4-3-5-8-16)23-19(27)21-9-6-10-25-13-17(20)11-22-25/h3-5,7-8,11,13H,6,9-10,12H2,1-2H3,(H2,21,23,27). The normalized spacial score (nSPS) is 10.8. The highest BCUT2D eigenvalue weighted by molar-refractivity contribution is 7.80. The Hall–Kier alpha value is -2.38. The summed E-state index contributed by atoms with van der Waals surface area (Å²) in [5.74, 6) is 0. The maximum absolute atomic E-state index is 5.86. The molecule has 2 N–H and O–H groups in total. The molecule has 0 saturated carbocycles. The molecule has 0 saturated heterocycles. The van der Waals surface area contributed by atoms with Gasteiger partial charge in [0.15, 0.2) is 5.11 Å². The van der Waals surface area contributed by atoms with E-state index in [0.717, 1.165) is 43.1 Å². The Morgan fingerprint density at radius 2 is 2.00 bits per heavy atom. The van der Waals surface area contributed by atoms with Gasteiger partial charge in [0.2, 0.25) is 0 Å². The Morgan fingerprint density at radius 3 is 2.70 bits per heavy atom. The summed E-state index contributed by atoms with van der Waals surface area (Å²) in [6, 6.07) is 10.3. The zero-order valence-electron chi connectivity index (χ0n) is 15.4. The van der Waals surface area contributed by atoms with Crippen molar-refractivity contribution in [3.8, 4) is 0 Å². The zero-order valence-corrected chi connectivity index (χ0v) is 17.0. The lowest BCUT2D eigenvalue weighted by atomic mass is 10.2. The van der Waals surface area contributed by atoms with Crippen LogP contribution in [0, 0.1) is 13.8 Å². The van der Waals surface area contributed by atoms with Crippen LogP contribution >= 0.6 is 23.8 Å². The first-order valence-corrected chi connectivity index (χ1v) is 9.62. The van der Waals surface area contributed by atoms with Crippen molar-refractivity contribution in [2.45, 2.75) is 33.4 Å². The molecular formula is C19H23ClN6S. The van der Waals surface area contributed by atoms with Crippen molar-refractivity contribution in [3.63, 3.8) is 0 Å². The van der Waals surface area contributed by atoms with E-state index in [9.17, 15) is 0 Å². The molecule has 0 atom stereocenters. The number of rotatable bonds is 7. The van der Waals surface area contributed by atoms with Crippen LogP contribution in [0.5, 0.6) is 0 Å². The van der Waals surface area contributed by atoms with Gasteiger partial charge in [0, 0.05) is 19.3 Å². The maximum Gasteiger partial charge on any atom is 0.170 e. The third-order valence-corrected chi connectivity index (χ3v) is 4.69. The van der Waals surface area contributed by atoms with Gasteiger partial charge in [-0.1, -0.05) is 41.9 Å². The molecule has 8 heteroatoms. The van der Waals surface area contributed by atoms with E-state index in [-0.39, 0.29) is 0 Å². The molecule has 0 unspecified atom stereocenters. The Morgan fingerprint density at radius 1 is 1.22 bits per heavy atom. The second-order valence-corrected chi connectivity index (χ2v) is 7.19. The van der Waals surface area contributed by atoms with Crippen molar-refractivity contribution in [2.24, 2.45) is 0 Å². The average Bonchev–Trinajstić information content (AvgIpc) is 3.18. The molecule has 3 rings (SSSR count). The lowest BCUT2D eigenvalue weighted by Crippen LogP contribution is -2.30. The maximum atomic E-state index is 5.86. The molecule has 0 amide bonds. The Balaban J connectivity index is 1.51. The highest BCUT2D eigenvalue weighted by atomic mass is 35.5. The summed E-state index contributed by atoms with van der Waals surface area (Å²) in [7, 11) is 0. The summed E-state index contributed by atoms with van der Waals surface area (Å²) in [5.41, 5.74) is 4.17. The zero-order chi connectivity index (χ0) is 19.2. The first kappa shape index (κ1) is 19.4. The van der Waals surface area contributed by atoms with Crippen molar-refractivity contribution >= 4 is 34.6 Å². The van der Waals surface area contributed by atoms with Crippen LogP contribution in [-0.2, 0) is 13.1 Å². The van der Waals surface area contributed by atoms with Crippen LogP contribution in [0.3, 0.4) is 0 Å². The molecule has 6 nitrogen and oxygen atoms in total. The van der Waals surface area contributed by atoms with Gasteiger partial charge in [0.1, 0.15) is 0 Å². The van der Waals surface area contributed by atoms with Gasteiger partial charge < -0.3 is 10.6 Å². The predicted molar refractivity (Wildman–Crippen MR) is 113 cm³/mol.